The van der Waals surface area contributed by atoms with E-state index in [-0.39, 0.29) is 23.4 Å². The molecule has 2 saturated carbocycles. The maximum atomic E-state index is 12.8. The van der Waals surface area contributed by atoms with Crippen LogP contribution in [0.2, 0.25) is 0 Å². The van der Waals surface area contributed by atoms with Crippen molar-refractivity contribution in [2.24, 2.45) is 23.2 Å². The summed E-state index contributed by atoms with van der Waals surface area (Å²) in [6, 6.07) is 2.08. The quantitative estimate of drug-likeness (QED) is 0.251. The molecule has 2 aliphatic carbocycles. The number of hydrogen-bond donors (Lipinski definition) is 1. The van der Waals surface area contributed by atoms with Crippen molar-refractivity contribution in [1.29, 1.82) is 0 Å². The number of thiophene rings is 1. The average Bonchev–Trinajstić information content (AvgIpc) is 3.25. The molecule has 1 atom stereocenters. The summed E-state index contributed by atoms with van der Waals surface area (Å²) in [6.45, 7) is 8.51. The van der Waals surface area contributed by atoms with Gasteiger partial charge in [0.1, 0.15) is 10.8 Å². The van der Waals surface area contributed by atoms with Crippen molar-refractivity contribution in [3.63, 3.8) is 0 Å². The van der Waals surface area contributed by atoms with Crippen molar-refractivity contribution >= 4 is 23.2 Å². The van der Waals surface area contributed by atoms with E-state index in [9.17, 15) is 14.7 Å². The van der Waals surface area contributed by atoms with Crippen LogP contribution in [0.5, 0.6) is 0 Å². The topological polar surface area (TPSA) is 63.6 Å². The summed E-state index contributed by atoms with van der Waals surface area (Å²) in [4.78, 5) is 26.3. The molecule has 4 nitrogen and oxygen atoms in total. The standard InChI is InChI=1S/C30H42O4S/c1-20-6-8-21(9-7-20)23(19-31)12-15-26(22-10-13-24(32)14-11-22)27-18-25(16-17-30(2,3)4)35-28(27)29(33)34-5/h18,20-22,24,26,32H,6-15H2,1-5H3. The molecule has 1 aromatic heterocycles. The van der Waals surface area contributed by atoms with E-state index in [4.69, 9.17) is 4.74 Å². The van der Waals surface area contributed by atoms with Crippen LogP contribution in [-0.4, -0.2) is 30.2 Å². The van der Waals surface area contributed by atoms with Crippen LogP contribution in [0.4, 0.5) is 0 Å². The van der Waals surface area contributed by atoms with Gasteiger partial charge in [0.05, 0.1) is 18.1 Å². The van der Waals surface area contributed by atoms with Crippen molar-refractivity contribution in [2.45, 2.75) is 104 Å². The molecule has 5 heteroatoms. The summed E-state index contributed by atoms with van der Waals surface area (Å²) >= 11 is 1.41. The third kappa shape index (κ3) is 7.81. The Labute approximate surface area is 215 Å². The van der Waals surface area contributed by atoms with E-state index < -0.39 is 0 Å². The minimum atomic E-state index is -0.318. The predicted octanol–water partition coefficient (Wildman–Crippen LogP) is 6.93. The lowest BCUT2D eigenvalue weighted by atomic mass is 9.72. The van der Waals surface area contributed by atoms with E-state index >= 15 is 0 Å². The highest BCUT2D eigenvalue weighted by molar-refractivity contribution is 7.14. The van der Waals surface area contributed by atoms with Crippen LogP contribution >= 0.6 is 11.3 Å². The minimum absolute atomic E-state index is 0.129. The van der Waals surface area contributed by atoms with Crippen molar-refractivity contribution in [3.05, 3.63) is 27.0 Å². The van der Waals surface area contributed by atoms with Crippen molar-refractivity contribution in [2.75, 3.05) is 7.11 Å². The van der Waals surface area contributed by atoms with Gasteiger partial charge in [0.25, 0.3) is 0 Å². The molecule has 35 heavy (non-hydrogen) atoms. The Morgan fingerprint density at radius 1 is 1.14 bits per heavy atom. The zero-order valence-electron chi connectivity index (χ0n) is 22.1. The molecule has 0 spiro atoms. The van der Waals surface area contributed by atoms with Gasteiger partial charge in [-0.2, -0.15) is 0 Å². The number of aliphatic hydroxyl groups excluding tert-OH is 1. The highest BCUT2D eigenvalue weighted by Gasteiger charge is 2.33. The van der Waals surface area contributed by atoms with E-state index in [0.717, 1.165) is 66.9 Å². The molecule has 0 aliphatic heterocycles. The van der Waals surface area contributed by atoms with E-state index in [1.807, 2.05) is 0 Å². The zero-order valence-corrected chi connectivity index (χ0v) is 22.9. The molecule has 0 bridgehead atoms. The van der Waals surface area contributed by atoms with Gasteiger partial charge in [-0.05, 0) is 107 Å². The molecule has 0 radical (unpaired) electrons. The van der Waals surface area contributed by atoms with Gasteiger partial charge in [-0.15, -0.1) is 11.3 Å². The first-order valence-electron chi connectivity index (χ1n) is 13.3. The van der Waals surface area contributed by atoms with Crippen LogP contribution in [0.1, 0.15) is 118 Å². The Morgan fingerprint density at radius 3 is 2.37 bits per heavy atom. The second-order valence-corrected chi connectivity index (χ2v) is 12.7. The first-order chi connectivity index (χ1) is 16.6. The molecular formula is C30H42O4S. The Morgan fingerprint density at radius 2 is 1.80 bits per heavy atom. The third-order valence-corrected chi connectivity index (χ3v) is 8.81. The minimum Gasteiger partial charge on any atom is -0.465 e. The number of methoxy groups -OCH3 is 1. The van der Waals surface area contributed by atoms with Crippen LogP contribution in [0.15, 0.2) is 11.6 Å². The largest absolute Gasteiger partial charge is 0.465 e. The molecule has 1 heterocycles. The number of carbonyl (C=O) groups excluding carboxylic acids is 2. The average molecular weight is 499 g/mol. The zero-order chi connectivity index (χ0) is 25.6. The highest BCUT2D eigenvalue weighted by atomic mass is 32.1. The first kappa shape index (κ1) is 27.7. The van der Waals surface area contributed by atoms with Gasteiger partial charge in [0.2, 0.25) is 0 Å². The summed E-state index contributed by atoms with van der Waals surface area (Å²) < 4.78 is 5.16. The summed E-state index contributed by atoms with van der Waals surface area (Å²) in [5.41, 5.74) is 1.79. The predicted molar refractivity (Wildman–Crippen MR) is 142 cm³/mol. The number of allylic oxidation sites excluding steroid dienone is 1. The van der Waals surface area contributed by atoms with Gasteiger partial charge in [0.15, 0.2) is 0 Å². The Bertz CT molecular complexity index is 966. The number of hydrogen-bond acceptors (Lipinski definition) is 5. The monoisotopic (exact) mass is 498 g/mol. The number of rotatable bonds is 7. The molecule has 3 rings (SSSR count). The Balaban J connectivity index is 1.91. The normalized spacial score (nSPS) is 25.7. The molecule has 1 N–H and O–H groups in total. The van der Waals surface area contributed by atoms with Crippen molar-refractivity contribution in [3.8, 4) is 11.8 Å². The molecule has 0 amide bonds. The molecule has 0 aromatic carbocycles. The molecule has 192 valence electrons. The lowest BCUT2D eigenvalue weighted by Crippen LogP contribution is -2.24. The lowest BCUT2D eigenvalue weighted by Gasteiger charge is -2.33. The summed E-state index contributed by atoms with van der Waals surface area (Å²) in [5.74, 6) is 10.1. The lowest BCUT2D eigenvalue weighted by molar-refractivity contribution is 0.0602. The van der Waals surface area contributed by atoms with Gasteiger partial charge >= 0.3 is 5.97 Å². The fourth-order valence-corrected chi connectivity index (χ4v) is 6.65. The molecule has 1 aromatic rings. The maximum Gasteiger partial charge on any atom is 0.348 e. The highest BCUT2D eigenvalue weighted by Crippen LogP contribution is 2.44. The van der Waals surface area contributed by atoms with Gasteiger partial charge in [-0.1, -0.05) is 31.6 Å². The van der Waals surface area contributed by atoms with Crippen LogP contribution in [-0.2, 0) is 9.53 Å². The van der Waals surface area contributed by atoms with Gasteiger partial charge < -0.3 is 9.84 Å². The Kier molecular flexibility index (Phi) is 9.82. The Hall–Kier alpha value is -1.86. The van der Waals surface area contributed by atoms with E-state index in [2.05, 4.69) is 51.5 Å². The second-order valence-electron chi connectivity index (χ2n) is 11.7. The molecule has 2 aliphatic rings. The summed E-state index contributed by atoms with van der Waals surface area (Å²) in [5, 5.41) is 10.1. The second kappa shape index (κ2) is 12.4. The van der Waals surface area contributed by atoms with Crippen molar-refractivity contribution < 1.29 is 19.4 Å². The smallest absolute Gasteiger partial charge is 0.348 e. The van der Waals surface area contributed by atoms with Crippen LogP contribution < -0.4 is 0 Å². The number of carbonyl (C=O) groups is 1. The van der Waals surface area contributed by atoms with E-state index in [0.29, 0.717) is 23.1 Å². The van der Waals surface area contributed by atoms with Crippen LogP contribution in [0, 0.1) is 35.0 Å². The SMILES string of the molecule is COC(=O)c1sc(C#CC(C)(C)C)cc1C(CCC(=C=O)C1CCC(C)CC1)C1CCC(O)CC1. The number of ether oxygens (including phenoxy) is 1. The van der Waals surface area contributed by atoms with Gasteiger partial charge in [-0.25, -0.2) is 9.59 Å². The van der Waals surface area contributed by atoms with Crippen LogP contribution in [0.25, 0.3) is 0 Å². The first-order valence-corrected chi connectivity index (χ1v) is 14.1. The van der Waals surface area contributed by atoms with Gasteiger partial charge in [-0.3, -0.25) is 0 Å². The fraction of sp³-hybridized carbons (Fsp3) is 0.700. The van der Waals surface area contributed by atoms with Crippen molar-refractivity contribution in [1.82, 2.24) is 0 Å². The van der Waals surface area contributed by atoms with Gasteiger partial charge in [0, 0.05) is 11.0 Å². The molecule has 2 fully saturated rings. The summed E-state index contributed by atoms with van der Waals surface area (Å²) in [7, 11) is 1.43. The van der Waals surface area contributed by atoms with Crippen LogP contribution in [0.3, 0.4) is 0 Å². The molecular weight excluding hydrogens is 456 g/mol. The maximum absolute atomic E-state index is 12.8. The number of esters is 1. The molecule has 1 unspecified atom stereocenters. The molecule has 0 saturated heterocycles. The van der Waals surface area contributed by atoms with E-state index in [1.165, 1.54) is 31.3 Å². The summed E-state index contributed by atoms with van der Waals surface area (Å²) in [6.07, 6.45) is 9.19. The van der Waals surface area contributed by atoms with E-state index in [1.54, 1.807) is 0 Å². The fourth-order valence-electron chi connectivity index (χ4n) is 5.65. The third-order valence-electron chi connectivity index (χ3n) is 7.77. The number of aliphatic hydroxyl groups is 1.